The van der Waals surface area contributed by atoms with Crippen LogP contribution in [0, 0.1) is 35.5 Å². The van der Waals surface area contributed by atoms with E-state index in [4.69, 9.17) is 24.7 Å². The molecule has 0 radical (unpaired) electrons. The Morgan fingerprint density at radius 1 is 1.02 bits per heavy atom. The number of carbonyl (C=O) groups is 2. The number of nitrogen functional groups attached to an aromatic ring is 1. The molecular formula is C38H56N2O8. The second-order valence-corrected chi connectivity index (χ2v) is 14.3. The number of aliphatic hydroxyl groups excluding tert-OH is 1. The van der Waals surface area contributed by atoms with Gasteiger partial charge in [0.2, 0.25) is 0 Å². The van der Waals surface area contributed by atoms with Crippen LogP contribution in [0.15, 0.2) is 30.5 Å². The first-order chi connectivity index (χ1) is 22.9. The predicted octanol–water partition coefficient (Wildman–Crippen LogP) is 6.34. The highest BCUT2D eigenvalue weighted by Gasteiger charge is 2.44. The van der Waals surface area contributed by atoms with Gasteiger partial charge in [-0.25, -0.2) is 4.98 Å². The molecule has 2 aliphatic carbocycles. The summed E-state index contributed by atoms with van der Waals surface area (Å²) in [4.78, 5) is 29.1. The maximum Gasteiger partial charge on any atom is 0.302 e. The minimum Gasteiger partial charge on any atom is -0.504 e. The standard InChI is InChI=1S/C38H56N2O8/c1-22(2)31-10-8-25-15-28(31)16-29(17-34(43)32(25)12-14-45-5)36(48-24(4)42)20-30(47-23(3)41)9-7-26-18-37(46-6)35(44)21-33(26)27-11-13-40-38(39)19-27/h11,13,18-19,21-22,25,28-32,34,36,43-44H,7-10,12,14-17,20H2,1-6H3,(H2,39,40). The van der Waals surface area contributed by atoms with E-state index >= 15 is 0 Å². The molecule has 1 aromatic heterocycles. The maximum absolute atomic E-state index is 12.6. The lowest BCUT2D eigenvalue weighted by molar-refractivity contribution is -0.158. The van der Waals surface area contributed by atoms with Crippen molar-refractivity contribution in [1.82, 2.24) is 4.98 Å². The minimum absolute atomic E-state index is 0.00520. The van der Waals surface area contributed by atoms with Crippen LogP contribution in [0.25, 0.3) is 11.1 Å². The zero-order chi connectivity index (χ0) is 35.0. The number of phenols is 1. The van der Waals surface area contributed by atoms with Gasteiger partial charge in [0.1, 0.15) is 18.0 Å². The number of pyridine rings is 1. The molecule has 0 amide bonds. The summed E-state index contributed by atoms with van der Waals surface area (Å²) in [5.74, 6) is 1.89. The van der Waals surface area contributed by atoms with Crippen LogP contribution < -0.4 is 10.5 Å². The van der Waals surface area contributed by atoms with Gasteiger partial charge in [-0.05, 0) is 128 Å². The number of hydrogen-bond acceptors (Lipinski definition) is 10. The molecule has 4 N–H and O–H groups in total. The zero-order valence-electron chi connectivity index (χ0n) is 29.5. The van der Waals surface area contributed by atoms with E-state index in [0.29, 0.717) is 67.5 Å². The Balaban J connectivity index is 1.63. The highest BCUT2D eigenvalue weighted by atomic mass is 16.6. The van der Waals surface area contributed by atoms with Gasteiger partial charge in [0.05, 0.1) is 13.2 Å². The number of nitrogens with two attached hydrogens (primary N) is 1. The lowest BCUT2D eigenvalue weighted by Crippen LogP contribution is -2.44. The smallest absolute Gasteiger partial charge is 0.302 e. The molecule has 10 nitrogen and oxygen atoms in total. The molecule has 8 unspecified atom stereocenters. The Morgan fingerprint density at radius 3 is 2.42 bits per heavy atom. The summed E-state index contributed by atoms with van der Waals surface area (Å²) in [5.41, 5.74) is 8.40. The molecule has 2 aromatic rings. The Kier molecular flexibility index (Phi) is 13.5. The van der Waals surface area contributed by atoms with Gasteiger partial charge in [-0.3, -0.25) is 9.59 Å². The molecule has 2 saturated carbocycles. The fraction of sp³-hybridized carbons (Fsp3) is 0.658. The number of esters is 2. The van der Waals surface area contributed by atoms with Crippen LogP contribution in [0.5, 0.6) is 11.5 Å². The van der Waals surface area contributed by atoms with E-state index in [-0.39, 0.29) is 17.6 Å². The first kappa shape index (κ1) is 37.4. The van der Waals surface area contributed by atoms with Crippen molar-refractivity contribution >= 4 is 17.8 Å². The van der Waals surface area contributed by atoms with Crippen molar-refractivity contribution in [3.8, 4) is 22.6 Å². The molecule has 1 heterocycles. The molecule has 266 valence electrons. The second-order valence-electron chi connectivity index (χ2n) is 14.3. The van der Waals surface area contributed by atoms with Gasteiger partial charge in [-0.1, -0.05) is 13.8 Å². The van der Waals surface area contributed by atoms with Crippen LogP contribution in [0.4, 0.5) is 5.82 Å². The van der Waals surface area contributed by atoms with Crippen molar-refractivity contribution in [3.63, 3.8) is 0 Å². The Bertz CT molecular complexity index is 1370. The van der Waals surface area contributed by atoms with E-state index in [9.17, 15) is 19.8 Å². The number of hydrogen-bond donors (Lipinski definition) is 3. The van der Waals surface area contributed by atoms with Crippen molar-refractivity contribution in [1.29, 1.82) is 0 Å². The molecule has 10 heteroatoms. The fourth-order valence-corrected chi connectivity index (χ4v) is 8.58. The topological polar surface area (TPSA) is 150 Å². The molecule has 48 heavy (non-hydrogen) atoms. The van der Waals surface area contributed by atoms with Crippen molar-refractivity contribution in [3.05, 3.63) is 36.0 Å². The summed E-state index contributed by atoms with van der Waals surface area (Å²) in [5, 5.41) is 22.3. The van der Waals surface area contributed by atoms with Gasteiger partial charge in [0.15, 0.2) is 11.5 Å². The van der Waals surface area contributed by atoms with Crippen LogP contribution in [-0.4, -0.2) is 66.3 Å². The fourth-order valence-electron chi connectivity index (χ4n) is 8.58. The van der Waals surface area contributed by atoms with Gasteiger partial charge in [0, 0.05) is 40.2 Å². The predicted molar refractivity (Wildman–Crippen MR) is 184 cm³/mol. The molecule has 2 bridgehead atoms. The second kappa shape index (κ2) is 17.3. The van der Waals surface area contributed by atoms with E-state index in [1.165, 1.54) is 21.0 Å². The van der Waals surface area contributed by atoms with Crippen LogP contribution in [0.3, 0.4) is 0 Å². The summed E-state index contributed by atoms with van der Waals surface area (Å²) in [7, 11) is 3.20. The maximum atomic E-state index is 12.6. The third-order valence-electron chi connectivity index (χ3n) is 10.7. The number of methoxy groups -OCH3 is 2. The number of aromatic hydroxyl groups is 1. The number of rotatable bonds is 14. The van der Waals surface area contributed by atoms with Gasteiger partial charge in [0.25, 0.3) is 0 Å². The molecule has 8 atom stereocenters. The SMILES string of the molecule is COCCC1C(O)CC(C(CC(CCc2cc(OC)c(O)cc2-c2ccnc(N)c2)OC(C)=O)OC(C)=O)CC2CC1CCC2C(C)C. The van der Waals surface area contributed by atoms with Gasteiger partial charge < -0.3 is 34.9 Å². The molecule has 2 aliphatic rings. The average molecular weight is 669 g/mol. The van der Waals surface area contributed by atoms with Crippen LogP contribution >= 0.6 is 0 Å². The Morgan fingerprint density at radius 2 is 1.77 bits per heavy atom. The van der Waals surface area contributed by atoms with Crippen molar-refractivity contribution in [2.75, 3.05) is 26.6 Å². The molecule has 0 aliphatic heterocycles. The zero-order valence-corrected chi connectivity index (χ0v) is 29.5. The summed E-state index contributed by atoms with van der Waals surface area (Å²) in [6.45, 7) is 7.99. The number of ether oxygens (including phenoxy) is 4. The Labute approximate surface area is 285 Å². The highest BCUT2D eigenvalue weighted by Crippen LogP contribution is 2.49. The number of fused-ring (bicyclic) bond motifs is 2. The summed E-state index contributed by atoms with van der Waals surface area (Å²) in [6.07, 6.45) is 6.66. The first-order valence-corrected chi connectivity index (χ1v) is 17.5. The van der Waals surface area contributed by atoms with Gasteiger partial charge in [-0.2, -0.15) is 0 Å². The number of carbonyl (C=O) groups excluding carboxylic acids is 2. The van der Waals surface area contributed by atoms with Crippen LogP contribution in [0.2, 0.25) is 0 Å². The summed E-state index contributed by atoms with van der Waals surface area (Å²) < 4.78 is 22.8. The average Bonchev–Trinajstić information content (AvgIpc) is 3.02. The number of phenolic OH excluding ortho intramolecular Hbond substituents is 1. The largest absolute Gasteiger partial charge is 0.504 e. The van der Waals surface area contributed by atoms with Crippen molar-refractivity contribution in [2.45, 2.75) is 104 Å². The molecule has 4 rings (SSSR count). The van der Waals surface area contributed by atoms with Crippen molar-refractivity contribution in [2.24, 2.45) is 35.5 Å². The number of anilines is 1. The normalized spacial score (nSPS) is 25.4. The van der Waals surface area contributed by atoms with E-state index in [1.807, 2.05) is 6.07 Å². The van der Waals surface area contributed by atoms with E-state index in [2.05, 4.69) is 18.8 Å². The van der Waals surface area contributed by atoms with Gasteiger partial charge in [-0.15, -0.1) is 0 Å². The number of aryl methyl sites for hydroxylation is 1. The number of nitrogens with zero attached hydrogens (tertiary/aromatic N) is 1. The summed E-state index contributed by atoms with van der Waals surface area (Å²) in [6, 6.07) is 6.99. The molecule has 0 saturated heterocycles. The lowest BCUT2D eigenvalue weighted by Gasteiger charge is -2.47. The molecule has 2 fully saturated rings. The highest BCUT2D eigenvalue weighted by molar-refractivity contribution is 5.72. The number of aromatic nitrogens is 1. The first-order valence-electron chi connectivity index (χ1n) is 17.5. The van der Waals surface area contributed by atoms with E-state index < -0.39 is 30.3 Å². The van der Waals surface area contributed by atoms with Crippen LogP contribution in [0.1, 0.15) is 84.6 Å². The third kappa shape index (κ3) is 9.84. The third-order valence-corrected chi connectivity index (χ3v) is 10.7. The van der Waals surface area contributed by atoms with Gasteiger partial charge >= 0.3 is 11.9 Å². The van der Waals surface area contributed by atoms with E-state index in [1.54, 1.807) is 31.5 Å². The lowest BCUT2D eigenvalue weighted by atomic mass is 9.60. The monoisotopic (exact) mass is 668 g/mol. The quantitative estimate of drug-likeness (QED) is 0.195. The summed E-state index contributed by atoms with van der Waals surface area (Å²) >= 11 is 0. The Hall–Kier alpha value is -3.37. The number of aliphatic hydroxyl groups is 1. The molecular weight excluding hydrogens is 612 g/mol. The van der Waals surface area contributed by atoms with Crippen LogP contribution in [-0.2, 0) is 30.2 Å². The van der Waals surface area contributed by atoms with Crippen molar-refractivity contribution < 1.29 is 38.7 Å². The molecule has 1 aromatic carbocycles. The molecule has 0 spiro atoms. The number of benzene rings is 1. The van der Waals surface area contributed by atoms with E-state index in [0.717, 1.165) is 48.8 Å². The minimum atomic E-state index is -0.561.